The van der Waals surface area contributed by atoms with Gasteiger partial charge >= 0.3 is 5.97 Å². The van der Waals surface area contributed by atoms with Crippen LogP contribution in [-0.2, 0) is 9.59 Å². The van der Waals surface area contributed by atoms with Crippen molar-refractivity contribution in [1.82, 2.24) is 4.90 Å². The molecule has 0 spiro atoms. The molecular weight excluding hydrogens is 194 g/mol. The molecule has 1 rings (SSSR count). The highest BCUT2D eigenvalue weighted by Crippen LogP contribution is 2.22. The van der Waals surface area contributed by atoms with Crippen molar-refractivity contribution in [2.45, 2.75) is 32.7 Å². The highest BCUT2D eigenvalue weighted by molar-refractivity contribution is 5.93. The van der Waals surface area contributed by atoms with E-state index in [0.717, 1.165) is 0 Å². The lowest BCUT2D eigenvalue weighted by Crippen LogP contribution is -2.45. The van der Waals surface area contributed by atoms with Crippen LogP contribution < -0.4 is 0 Å². The maximum absolute atomic E-state index is 11.5. The van der Waals surface area contributed by atoms with Gasteiger partial charge in [-0.05, 0) is 32.6 Å². The Bertz CT molecular complexity index is 326. The zero-order chi connectivity index (χ0) is 11.4. The van der Waals surface area contributed by atoms with E-state index in [4.69, 9.17) is 5.11 Å². The average molecular weight is 209 g/mol. The van der Waals surface area contributed by atoms with Crippen LogP contribution in [0.5, 0.6) is 0 Å². The SMILES string of the molecule is CC#CC(=O)N1CCC(C(=O)O)CC1C. The largest absolute Gasteiger partial charge is 0.481 e. The number of carbonyl (C=O) groups is 2. The molecule has 0 radical (unpaired) electrons. The third-order valence-corrected chi connectivity index (χ3v) is 2.72. The van der Waals surface area contributed by atoms with Crippen molar-refractivity contribution in [1.29, 1.82) is 0 Å². The highest BCUT2D eigenvalue weighted by atomic mass is 16.4. The number of hydrogen-bond acceptors (Lipinski definition) is 2. The van der Waals surface area contributed by atoms with Crippen LogP contribution in [0, 0.1) is 17.8 Å². The van der Waals surface area contributed by atoms with Crippen LogP contribution in [0.3, 0.4) is 0 Å². The fraction of sp³-hybridized carbons (Fsp3) is 0.636. The Morgan fingerprint density at radius 3 is 2.60 bits per heavy atom. The Morgan fingerprint density at radius 2 is 2.13 bits per heavy atom. The summed E-state index contributed by atoms with van der Waals surface area (Å²) in [4.78, 5) is 23.9. The number of carboxylic acids is 1. The maximum atomic E-state index is 11.5. The second-order valence-corrected chi connectivity index (χ2v) is 3.78. The van der Waals surface area contributed by atoms with Gasteiger partial charge in [-0.2, -0.15) is 0 Å². The summed E-state index contributed by atoms with van der Waals surface area (Å²) in [5.41, 5.74) is 0. The van der Waals surface area contributed by atoms with Crippen molar-refractivity contribution in [3.8, 4) is 11.8 Å². The van der Waals surface area contributed by atoms with E-state index in [2.05, 4.69) is 11.8 Å². The summed E-state index contributed by atoms with van der Waals surface area (Å²) in [6.07, 6.45) is 1.04. The maximum Gasteiger partial charge on any atom is 0.306 e. The molecule has 1 N–H and O–H groups in total. The molecule has 82 valence electrons. The first-order valence-electron chi connectivity index (χ1n) is 5.02. The smallest absolute Gasteiger partial charge is 0.306 e. The molecule has 1 heterocycles. The van der Waals surface area contributed by atoms with Crippen LogP contribution >= 0.6 is 0 Å². The number of rotatable bonds is 1. The van der Waals surface area contributed by atoms with E-state index in [-0.39, 0.29) is 17.9 Å². The van der Waals surface area contributed by atoms with Gasteiger partial charge in [-0.3, -0.25) is 9.59 Å². The van der Waals surface area contributed by atoms with E-state index in [1.807, 2.05) is 6.92 Å². The number of hydrogen-bond donors (Lipinski definition) is 1. The van der Waals surface area contributed by atoms with Gasteiger partial charge in [0.2, 0.25) is 0 Å². The molecule has 0 bridgehead atoms. The van der Waals surface area contributed by atoms with Gasteiger partial charge in [0.25, 0.3) is 5.91 Å². The second-order valence-electron chi connectivity index (χ2n) is 3.78. The zero-order valence-corrected chi connectivity index (χ0v) is 8.99. The molecule has 2 atom stereocenters. The lowest BCUT2D eigenvalue weighted by Gasteiger charge is -2.34. The average Bonchev–Trinajstić information content (AvgIpc) is 2.17. The van der Waals surface area contributed by atoms with Gasteiger partial charge in [0, 0.05) is 12.6 Å². The highest BCUT2D eigenvalue weighted by Gasteiger charge is 2.31. The molecule has 0 aromatic carbocycles. The lowest BCUT2D eigenvalue weighted by atomic mass is 9.92. The Labute approximate surface area is 89.3 Å². The van der Waals surface area contributed by atoms with Crippen LogP contribution in [0.25, 0.3) is 0 Å². The predicted molar refractivity (Wildman–Crippen MR) is 55.0 cm³/mol. The molecular formula is C11H15NO3. The monoisotopic (exact) mass is 209 g/mol. The summed E-state index contributed by atoms with van der Waals surface area (Å²) in [5, 5.41) is 8.85. The van der Waals surface area contributed by atoms with Gasteiger partial charge in [-0.25, -0.2) is 0 Å². The number of amides is 1. The van der Waals surface area contributed by atoms with Crippen molar-refractivity contribution in [3.63, 3.8) is 0 Å². The van der Waals surface area contributed by atoms with E-state index >= 15 is 0 Å². The molecule has 1 aliphatic heterocycles. The first-order valence-corrected chi connectivity index (χ1v) is 5.02. The Morgan fingerprint density at radius 1 is 1.47 bits per heavy atom. The topological polar surface area (TPSA) is 57.6 Å². The summed E-state index contributed by atoms with van der Waals surface area (Å²) >= 11 is 0. The van der Waals surface area contributed by atoms with E-state index in [0.29, 0.717) is 19.4 Å². The van der Waals surface area contributed by atoms with E-state index in [1.165, 1.54) is 0 Å². The van der Waals surface area contributed by atoms with Crippen molar-refractivity contribution in [2.24, 2.45) is 5.92 Å². The minimum atomic E-state index is -0.768. The van der Waals surface area contributed by atoms with Crippen LogP contribution in [0.1, 0.15) is 26.7 Å². The Balaban J connectivity index is 2.62. The molecule has 0 saturated carbocycles. The van der Waals surface area contributed by atoms with Crippen LogP contribution in [0.4, 0.5) is 0 Å². The van der Waals surface area contributed by atoms with Gasteiger partial charge in [0.05, 0.1) is 5.92 Å². The first kappa shape index (κ1) is 11.6. The molecule has 4 nitrogen and oxygen atoms in total. The fourth-order valence-electron chi connectivity index (χ4n) is 1.88. The summed E-state index contributed by atoms with van der Waals surface area (Å²) in [6, 6.07) is -0.0341. The molecule has 0 aliphatic carbocycles. The van der Waals surface area contributed by atoms with Crippen molar-refractivity contribution < 1.29 is 14.7 Å². The van der Waals surface area contributed by atoms with Gasteiger partial charge in [-0.1, -0.05) is 5.92 Å². The van der Waals surface area contributed by atoms with Crippen molar-refractivity contribution >= 4 is 11.9 Å². The Hall–Kier alpha value is -1.50. The first-order chi connectivity index (χ1) is 7.06. The fourth-order valence-corrected chi connectivity index (χ4v) is 1.88. The standard InChI is InChI=1S/C11H15NO3/c1-3-4-10(13)12-6-5-9(11(14)15)7-8(12)2/h8-9H,5-7H2,1-2H3,(H,14,15). The quantitative estimate of drug-likeness (QED) is 0.647. The van der Waals surface area contributed by atoms with E-state index in [1.54, 1.807) is 11.8 Å². The van der Waals surface area contributed by atoms with E-state index in [9.17, 15) is 9.59 Å². The predicted octanol–water partition coefficient (Wildman–Crippen LogP) is 0.721. The summed E-state index contributed by atoms with van der Waals surface area (Å²) < 4.78 is 0. The summed E-state index contributed by atoms with van der Waals surface area (Å²) in [7, 11) is 0. The molecule has 1 amide bonds. The normalized spacial score (nSPS) is 25.3. The number of aliphatic carboxylic acids is 1. The molecule has 1 fully saturated rings. The molecule has 0 aromatic heterocycles. The number of likely N-dealkylation sites (tertiary alicyclic amines) is 1. The number of piperidine rings is 1. The molecule has 15 heavy (non-hydrogen) atoms. The summed E-state index contributed by atoms with van der Waals surface area (Å²) in [5.74, 6) is 3.75. The van der Waals surface area contributed by atoms with Gasteiger partial charge in [-0.15, -0.1) is 0 Å². The van der Waals surface area contributed by atoms with Crippen molar-refractivity contribution in [2.75, 3.05) is 6.54 Å². The van der Waals surface area contributed by atoms with Crippen LogP contribution in [0.15, 0.2) is 0 Å². The third-order valence-electron chi connectivity index (χ3n) is 2.72. The second kappa shape index (κ2) is 4.83. The zero-order valence-electron chi connectivity index (χ0n) is 8.99. The van der Waals surface area contributed by atoms with Crippen LogP contribution in [0.2, 0.25) is 0 Å². The molecule has 0 aromatic rings. The van der Waals surface area contributed by atoms with Crippen LogP contribution in [-0.4, -0.2) is 34.5 Å². The molecule has 4 heteroatoms. The molecule has 1 saturated heterocycles. The Kier molecular flexibility index (Phi) is 3.73. The molecule has 2 unspecified atom stereocenters. The number of carbonyl (C=O) groups excluding carboxylic acids is 1. The lowest BCUT2D eigenvalue weighted by molar-refractivity contribution is -0.146. The third kappa shape index (κ3) is 2.72. The number of carboxylic acid groups (broad SMARTS) is 1. The molecule has 1 aliphatic rings. The van der Waals surface area contributed by atoms with Crippen molar-refractivity contribution in [3.05, 3.63) is 0 Å². The number of nitrogens with zero attached hydrogens (tertiary/aromatic N) is 1. The van der Waals surface area contributed by atoms with Gasteiger partial charge < -0.3 is 10.0 Å². The minimum Gasteiger partial charge on any atom is -0.481 e. The summed E-state index contributed by atoms with van der Waals surface area (Å²) in [6.45, 7) is 3.97. The van der Waals surface area contributed by atoms with E-state index < -0.39 is 5.97 Å². The van der Waals surface area contributed by atoms with Gasteiger partial charge in [0.1, 0.15) is 0 Å². The van der Waals surface area contributed by atoms with Gasteiger partial charge in [0.15, 0.2) is 0 Å². The minimum absolute atomic E-state index is 0.0341.